The van der Waals surface area contributed by atoms with E-state index in [1.165, 1.54) is 6.21 Å². The van der Waals surface area contributed by atoms with Gasteiger partial charge in [0.25, 0.3) is 0 Å². The predicted molar refractivity (Wildman–Crippen MR) is 66.5 cm³/mol. The molecule has 0 fully saturated rings. The molecule has 0 bridgehead atoms. The van der Waals surface area contributed by atoms with E-state index < -0.39 is 0 Å². The van der Waals surface area contributed by atoms with Crippen molar-refractivity contribution < 1.29 is 9.53 Å². The lowest BCUT2D eigenvalue weighted by Gasteiger charge is -1.97. The molecule has 0 atom stereocenters. The maximum absolute atomic E-state index is 10.9. The van der Waals surface area contributed by atoms with Crippen LogP contribution in [0.4, 0.5) is 0 Å². The molecule has 0 aliphatic heterocycles. The third kappa shape index (κ3) is 6.09. The third-order valence-electron chi connectivity index (χ3n) is 1.99. The molecule has 0 aromatic heterocycles. The van der Waals surface area contributed by atoms with Gasteiger partial charge >= 0.3 is 0 Å². The van der Waals surface area contributed by atoms with Crippen LogP contribution in [0.1, 0.15) is 29.8 Å². The minimum absolute atomic E-state index is 0.0800. The summed E-state index contributed by atoms with van der Waals surface area (Å²) in [4.78, 5) is 10.9. The van der Waals surface area contributed by atoms with Crippen molar-refractivity contribution in [2.75, 3.05) is 13.7 Å². The zero-order chi connectivity index (χ0) is 12.4. The van der Waals surface area contributed by atoms with E-state index in [4.69, 9.17) is 5.41 Å². The van der Waals surface area contributed by atoms with Gasteiger partial charge in [0.2, 0.25) is 0 Å². The molecule has 1 rings (SSSR count). The van der Waals surface area contributed by atoms with E-state index in [1.54, 1.807) is 26.2 Å². The molecule has 0 heterocycles. The molecule has 0 aliphatic rings. The van der Waals surface area contributed by atoms with Gasteiger partial charge in [-0.15, -0.1) is 0 Å². The zero-order valence-corrected chi connectivity index (χ0v) is 10.1. The van der Waals surface area contributed by atoms with Crippen molar-refractivity contribution in [2.45, 2.75) is 20.3 Å². The number of hydrogen-bond acceptors (Lipinski definition) is 3. The molecule has 0 unspecified atom stereocenters. The molecule has 16 heavy (non-hydrogen) atoms. The highest BCUT2D eigenvalue weighted by Crippen LogP contribution is 2.04. The van der Waals surface area contributed by atoms with Gasteiger partial charge in [-0.1, -0.05) is 24.3 Å². The normalized spacial score (nSPS) is 8.94. The molecule has 0 saturated heterocycles. The molecule has 0 spiro atoms. The van der Waals surface area contributed by atoms with E-state index in [0.717, 1.165) is 17.7 Å². The Balaban J connectivity index is 0.000000487. The van der Waals surface area contributed by atoms with Gasteiger partial charge in [-0.2, -0.15) is 0 Å². The molecule has 0 radical (unpaired) electrons. The fourth-order valence-corrected chi connectivity index (χ4v) is 0.993. The van der Waals surface area contributed by atoms with Crippen molar-refractivity contribution in [2.24, 2.45) is 0 Å². The van der Waals surface area contributed by atoms with Crippen LogP contribution in [0.3, 0.4) is 0 Å². The summed E-state index contributed by atoms with van der Waals surface area (Å²) in [6, 6.07) is 7.34. The maximum Gasteiger partial charge on any atom is 0.159 e. The topological polar surface area (TPSA) is 50.2 Å². The van der Waals surface area contributed by atoms with Crippen LogP contribution in [-0.4, -0.2) is 25.7 Å². The van der Waals surface area contributed by atoms with Gasteiger partial charge in [0.05, 0.1) is 0 Å². The van der Waals surface area contributed by atoms with Gasteiger partial charge in [-0.05, 0) is 25.6 Å². The highest BCUT2D eigenvalue weighted by atomic mass is 16.5. The Hall–Kier alpha value is -1.48. The number of nitrogens with one attached hydrogen (secondary N) is 1. The highest BCUT2D eigenvalue weighted by molar-refractivity contribution is 5.94. The SMILES string of the molecule is CC(=O)c1ccc(CC=N)cc1.CCOC. The molecule has 3 nitrogen and oxygen atoms in total. The van der Waals surface area contributed by atoms with Crippen LogP contribution >= 0.6 is 0 Å². The molecular formula is C13H19NO2. The summed E-state index contributed by atoms with van der Waals surface area (Å²) < 4.78 is 4.54. The van der Waals surface area contributed by atoms with Crippen LogP contribution in [0.25, 0.3) is 0 Å². The van der Waals surface area contributed by atoms with Crippen molar-refractivity contribution in [3.05, 3.63) is 35.4 Å². The second-order valence-corrected chi connectivity index (χ2v) is 3.24. The third-order valence-corrected chi connectivity index (χ3v) is 1.99. The second kappa shape index (κ2) is 8.80. The minimum Gasteiger partial charge on any atom is -0.385 e. The number of ether oxygens (including phenoxy) is 1. The Bertz CT molecular complexity index is 315. The monoisotopic (exact) mass is 221 g/mol. The van der Waals surface area contributed by atoms with E-state index in [1.807, 2.05) is 19.1 Å². The molecule has 0 aliphatic carbocycles. The van der Waals surface area contributed by atoms with Gasteiger partial charge in [0.15, 0.2) is 5.78 Å². The highest BCUT2D eigenvalue weighted by Gasteiger charge is 1.97. The van der Waals surface area contributed by atoms with E-state index in [0.29, 0.717) is 6.42 Å². The molecule has 0 saturated carbocycles. The van der Waals surface area contributed by atoms with E-state index in [2.05, 4.69) is 4.74 Å². The molecule has 3 heteroatoms. The number of methoxy groups -OCH3 is 1. The van der Waals surface area contributed by atoms with E-state index in [-0.39, 0.29) is 5.78 Å². The maximum atomic E-state index is 10.9. The van der Waals surface area contributed by atoms with E-state index >= 15 is 0 Å². The molecule has 1 aromatic rings. The van der Waals surface area contributed by atoms with Gasteiger partial charge in [-0.25, -0.2) is 0 Å². The van der Waals surface area contributed by atoms with Crippen LogP contribution in [0.2, 0.25) is 0 Å². The first kappa shape index (κ1) is 14.5. The van der Waals surface area contributed by atoms with Crippen LogP contribution in [-0.2, 0) is 11.2 Å². The number of hydrogen-bond donors (Lipinski definition) is 1. The summed E-state index contributed by atoms with van der Waals surface area (Å²) in [6.07, 6.45) is 1.99. The number of carbonyl (C=O) groups is 1. The molecule has 0 amide bonds. The van der Waals surface area contributed by atoms with Gasteiger partial charge in [0, 0.05) is 25.7 Å². The zero-order valence-electron chi connectivity index (χ0n) is 10.1. The lowest BCUT2D eigenvalue weighted by Crippen LogP contribution is -1.92. The summed E-state index contributed by atoms with van der Waals surface area (Å²) in [6.45, 7) is 4.33. The first-order valence-electron chi connectivity index (χ1n) is 5.23. The molecule has 1 aromatic carbocycles. The van der Waals surface area contributed by atoms with Crippen molar-refractivity contribution in [3.63, 3.8) is 0 Å². The lowest BCUT2D eigenvalue weighted by molar-refractivity contribution is 0.101. The Labute approximate surface area is 97.0 Å². The number of carbonyl (C=O) groups excluding carboxylic acids is 1. The first-order chi connectivity index (χ1) is 7.65. The fraction of sp³-hybridized carbons (Fsp3) is 0.385. The van der Waals surface area contributed by atoms with Crippen LogP contribution < -0.4 is 0 Å². The number of benzene rings is 1. The first-order valence-corrected chi connectivity index (χ1v) is 5.23. The smallest absolute Gasteiger partial charge is 0.159 e. The Morgan fingerprint density at radius 2 is 1.88 bits per heavy atom. The minimum atomic E-state index is 0.0800. The van der Waals surface area contributed by atoms with Crippen LogP contribution in [0, 0.1) is 5.41 Å². The summed E-state index contributed by atoms with van der Waals surface area (Å²) >= 11 is 0. The standard InChI is InChI=1S/C10H11NO.C3H8O/c1-8(12)10-4-2-9(3-5-10)6-7-11;1-3-4-2/h2-5,7,11H,6H2,1H3;3H2,1-2H3. The predicted octanol–water partition coefficient (Wildman–Crippen LogP) is 2.73. The van der Waals surface area contributed by atoms with Gasteiger partial charge in [-0.3, -0.25) is 4.79 Å². The summed E-state index contributed by atoms with van der Waals surface area (Å²) in [5, 5.41) is 6.89. The Morgan fingerprint density at radius 1 is 1.38 bits per heavy atom. The van der Waals surface area contributed by atoms with Gasteiger partial charge in [0.1, 0.15) is 0 Å². The molecule has 88 valence electrons. The fourth-order valence-electron chi connectivity index (χ4n) is 0.993. The van der Waals surface area contributed by atoms with Crippen molar-refractivity contribution >= 4 is 12.0 Å². The van der Waals surface area contributed by atoms with E-state index in [9.17, 15) is 4.79 Å². The Kier molecular flexibility index (Phi) is 7.98. The lowest BCUT2D eigenvalue weighted by atomic mass is 10.1. The number of ketones is 1. The largest absolute Gasteiger partial charge is 0.385 e. The summed E-state index contributed by atoms with van der Waals surface area (Å²) in [5.74, 6) is 0.0800. The quantitative estimate of drug-likeness (QED) is 0.627. The second-order valence-electron chi connectivity index (χ2n) is 3.24. The summed E-state index contributed by atoms with van der Waals surface area (Å²) in [7, 11) is 1.68. The summed E-state index contributed by atoms with van der Waals surface area (Å²) in [5.41, 5.74) is 1.79. The van der Waals surface area contributed by atoms with Crippen molar-refractivity contribution in [1.29, 1.82) is 5.41 Å². The van der Waals surface area contributed by atoms with Crippen molar-refractivity contribution in [3.8, 4) is 0 Å². The molecule has 1 N–H and O–H groups in total. The van der Waals surface area contributed by atoms with Crippen LogP contribution in [0.15, 0.2) is 24.3 Å². The average molecular weight is 221 g/mol. The number of rotatable bonds is 4. The van der Waals surface area contributed by atoms with Crippen LogP contribution in [0.5, 0.6) is 0 Å². The number of Topliss-reactive ketones (excluding diaryl/α,β-unsaturated/α-hetero) is 1. The Morgan fingerprint density at radius 3 is 2.19 bits per heavy atom. The average Bonchev–Trinajstić information content (AvgIpc) is 2.30. The van der Waals surface area contributed by atoms with Crippen molar-refractivity contribution in [1.82, 2.24) is 0 Å². The molecular weight excluding hydrogens is 202 g/mol. The van der Waals surface area contributed by atoms with Gasteiger partial charge < -0.3 is 10.1 Å².